The average molecular weight is 215 g/mol. The maximum Gasteiger partial charge on any atom is 0.250 e. The molecule has 0 radical (unpaired) electrons. The SMILES string of the molecule is Cc1cc(NCc2ccncc2)cc(=O)[nH]1. The Bertz CT molecular complexity index is 519. The number of rotatable bonds is 3. The fourth-order valence-corrected chi connectivity index (χ4v) is 1.49. The molecule has 16 heavy (non-hydrogen) atoms. The topological polar surface area (TPSA) is 57.8 Å². The van der Waals surface area contributed by atoms with Crippen molar-refractivity contribution in [3.8, 4) is 0 Å². The number of nitrogens with one attached hydrogen (secondary N) is 2. The van der Waals surface area contributed by atoms with Crippen molar-refractivity contribution >= 4 is 5.69 Å². The van der Waals surface area contributed by atoms with Gasteiger partial charge >= 0.3 is 0 Å². The van der Waals surface area contributed by atoms with E-state index in [1.807, 2.05) is 25.1 Å². The van der Waals surface area contributed by atoms with Crippen molar-refractivity contribution in [2.75, 3.05) is 5.32 Å². The molecule has 0 aliphatic heterocycles. The molecule has 2 rings (SSSR count). The van der Waals surface area contributed by atoms with E-state index in [1.54, 1.807) is 18.5 Å². The number of aromatic amines is 1. The molecule has 4 heteroatoms. The molecule has 0 aliphatic rings. The summed E-state index contributed by atoms with van der Waals surface area (Å²) in [5.74, 6) is 0. The first-order valence-electron chi connectivity index (χ1n) is 5.08. The summed E-state index contributed by atoms with van der Waals surface area (Å²) in [6, 6.07) is 7.33. The summed E-state index contributed by atoms with van der Waals surface area (Å²) in [5.41, 5.74) is 2.73. The summed E-state index contributed by atoms with van der Waals surface area (Å²) in [7, 11) is 0. The van der Waals surface area contributed by atoms with Crippen LogP contribution in [0.1, 0.15) is 11.3 Å². The first-order chi connectivity index (χ1) is 7.74. The van der Waals surface area contributed by atoms with E-state index in [9.17, 15) is 4.79 Å². The molecule has 82 valence electrons. The van der Waals surface area contributed by atoms with Crippen LogP contribution in [0.2, 0.25) is 0 Å². The van der Waals surface area contributed by atoms with Crippen LogP contribution in [0.3, 0.4) is 0 Å². The minimum absolute atomic E-state index is 0.0859. The Balaban J connectivity index is 2.08. The van der Waals surface area contributed by atoms with Crippen molar-refractivity contribution in [3.05, 3.63) is 58.3 Å². The molecule has 0 atom stereocenters. The fourth-order valence-electron chi connectivity index (χ4n) is 1.49. The molecule has 2 heterocycles. The number of nitrogens with zero attached hydrogens (tertiary/aromatic N) is 1. The molecule has 2 N–H and O–H groups in total. The van der Waals surface area contributed by atoms with Crippen LogP contribution in [0.25, 0.3) is 0 Å². The van der Waals surface area contributed by atoms with E-state index in [4.69, 9.17) is 0 Å². The minimum Gasteiger partial charge on any atom is -0.381 e. The van der Waals surface area contributed by atoms with Gasteiger partial charge in [-0.2, -0.15) is 0 Å². The van der Waals surface area contributed by atoms with Gasteiger partial charge in [0.15, 0.2) is 0 Å². The molecule has 0 aromatic carbocycles. The van der Waals surface area contributed by atoms with E-state index in [1.165, 1.54) is 0 Å². The Labute approximate surface area is 93.4 Å². The van der Waals surface area contributed by atoms with Gasteiger partial charge in [0.2, 0.25) is 5.56 Å². The Morgan fingerprint density at radius 2 is 2.06 bits per heavy atom. The lowest BCUT2D eigenvalue weighted by Crippen LogP contribution is -2.08. The smallest absolute Gasteiger partial charge is 0.250 e. The van der Waals surface area contributed by atoms with Crippen LogP contribution >= 0.6 is 0 Å². The lowest BCUT2D eigenvalue weighted by molar-refractivity contribution is 1.09. The first-order valence-corrected chi connectivity index (χ1v) is 5.08. The quantitative estimate of drug-likeness (QED) is 0.819. The van der Waals surface area contributed by atoms with Crippen molar-refractivity contribution < 1.29 is 0 Å². The van der Waals surface area contributed by atoms with Gasteiger partial charge in [-0.1, -0.05) is 0 Å². The molecule has 0 amide bonds. The predicted octanol–water partition coefficient (Wildman–Crippen LogP) is 1.69. The molecule has 0 fully saturated rings. The van der Waals surface area contributed by atoms with Crippen LogP contribution in [-0.2, 0) is 6.54 Å². The number of pyridine rings is 2. The zero-order chi connectivity index (χ0) is 11.4. The molecule has 0 unspecified atom stereocenters. The van der Waals surface area contributed by atoms with Crippen LogP contribution < -0.4 is 10.9 Å². The average Bonchev–Trinajstić information content (AvgIpc) is 2.27. The molecule has 2 aromatic rings. The van der Waals surface area contributed by atoms with Crippen LogP contribution in [0.5, 0.6) is 0 Å². The second kappa shape index (κ2) is 4.61. The van der Waals surface area contributed by atoms with Crippen molar-refractivity contribution in [2.45, 2.75) is 13.5 Å². The van der Waals surface area contributed by atoms with Gasteiger partial charge in [0.1, 0.15) is 0 Å². The number of hydrogen-bond acceptors (Lipinski definition) is 3. The zero-order valence-electron chi connectivity index (χ0n) is 9.03. The molecule has 2 aromatic heterocycles. The van der Waals surface area contributed by atoms with E-state index in [0.717, 1.165) is 16.9 Å². The van der Waals surface area contributed by atoms with Crippen LogP contribution in [0, 0.1) is 6.92 Å². The Morgan fingerprint density at radius 3 is 2.75 bits per heavy atom. The van der Waals surface area contributed by atoms with Gasteiger partial charge in [0, 0.05) is 36.4 Å². The van der Waals surface area contributed by atoms with Gasteiger partial charge < -0.3 is 10.3 Å². The normalized spacial score (nSPS) is 10.1. The zero-order valence-corrected chi connectivity index (χ0v) is 9.03. The monoisotopic (exact) mass is 215 g/mol. The lowest BCUT2D eigenvalue weighted by atomic mass is 10.2. The summed E-state index contributed by atoms with van der Waals surface area (Å²) >= 11 is 0. The van der Waals surface area contributed by atoms with E-state index in [-0.39, 0.29) is 5.56 Å². The third-order valence-electron chi connectivity index (χ3n) is 2.22. The van der Waals surface area contributed by atoms with Crippen molar-refractivity contribution in [1.29, 1.82) is 0 Å². The summed E-state index contributed by atoms with van der Waals surface area (Å²) in [6.45, 7) is 2.55. The third kappa shape index (κ3) is 2.70. The van der Waals surface area contributed by atoms with Crippen molar-refractivity contribution in [2.24, 2.45) is 0 Å². The fraction of sp³-hybridized carbons (Fsp3) is 0.167. The largest absolute Gasteiger partial charge is 0.381 e. The molecule has 0 saturated heterocycles. The maximum atomic E-state index is 11.2. The van der Waals surface area contributed by atoms with E-state index >= 15 is 0 Å². The summed E-state index contributed by atoms with van der Waals surface area (Å²) in [6.07, 6.45) is 3.50. The van der Waals surface area contributed by atoms with Crippen LogP contribution in [0.4, 0.5) is 5.69 Å². The molecule has 0 spiro atoms. The van der Waals surface area contributed by atoms with E-state index in [2.05, 4.69) is 15.3 Å². The van der Waals surface area contributed by atoms with Crippen molar-refractivity contribution in [1.82, 2.24) is 9.97 Å². The molecule has 0 saturated carbocycles. The van der Waals surface area contributed by atoms with Crippen LogP contribution in [0.15, 0.2) is 41.5 Å². The Morgan fingerprint density at radius 1 is 1.31 bits per heavy atom. The van der Waals surface area contributed by atoms with Gasteiger partial charge in [-0.3, -0.25) is 9.78 Å². The summed E-state index contributed by atoms with van der Waals surface area (Å²) in [5, 5.41) is 3.19. The van der Waals surface area contributed by atoms with Crippen LogP contribution in [-0.4, -0.2) is 9.97 Å². The molecule has 4 nitrogen and oxygen atoms in total. The number of aryl methyl sites for hydroxylation is 1. The highest BCUT2D eigenvalue weighted by atomic mass is 16.1. The first kappa shape index (κ1) is 10.4. The predicted molar refractivity (Wildman–Crippen MR) is 63.4 cm³/mol. The second-order valence-corrected chi connectivity index (χ2v) is 3.63. The van der Waals surface area contributed by atoms with Gasteiger partial charge in [0.25, 0.3) is 0 Å². The molecule has 0 bridgehead atoms. The third-order valence-corrected chi connectivity index (χ3v) is 2.22. The molecular formula is C12H13N3O. The highest BCUT2D eigenvalue weighted by Gasteiger charge is 1.96. The highest BCUT2D eigenvalue weighted by Crippen LogP contribution is 2.06. The standard InChI is InChI=1S/C12H13N3O/c1-9-6-11(7-12(16)15-9)14-8-10-2-4-13-5-3-10/h2-7H,8H2,1H3,(H2,14,15,16). The van der Waals surface area contributed by atoms with Gasteiger partial charge in [0.05, 0.1) is 0 Å². The highest BCUT2D eigenvalue weighted by molar-refractivity contribution is 5.43. The Hall–Kier alpha value is -2.10. The number of H-pyrrole nitrogens is 1. The number of aromatic nitrogens is 2. The molecular weight excluding hydrogens is 202 g/mol. The summed E-state index contributed by atoms with van der Waals surface area (Å²) in [4.78, 5) is 17.9. The maximum absolute atomic E-state index is 11.2. The van der Waals surface area contributed by atoms with Gasteiger partial charge in [-0.15, -0.1) is 0 Å². The summed E-state index contributed by atoms with van der Waals surface area (Å²) < 4.78 is 0. The lowest BCUT2D eigenvalue weighted by Gasteiger charge is -2.06. The number of anilines is 1. The second-order valence-electron chi connectivity index (χ2n) is 3.63. The molecule has 0 aliphatic carbocycles. The minimum atomic E-state index is -0.0859. The van der Waals surface area contributed by atoms with E-state index in [0.29, 0.717) is 6.54 Å². The van der Waals surface area contributed by atoms with E-state index < -0.39 is 0 Å². The Kier molecular flexibility index (Phi) is 3.00. The van der Waals surface area contributed by atoms with Gasteiger partial charge in [-0.25, -0.2) is 0 Å². The number of hydrogen-bond donors (Lipinski definition) is 2. The van der Waals surface area contributed by atoms with Gasteiger partial charge in [-0.05, 0) is 30.7 Å². The van der Waals surface area contributed by atoms with Crippen molar-refractivity contribution in [3.63, 3.8) is 0 Å².